The van der Waals surface area contributed by atoms with Crippen LogP contribution >= 0.6 is 11.6 Å². The molecule has 0 bridgehead atoms. The van der Waals surface area contributed by atoms with Gasteiger partial charge in [0.2, 0.25) is 15.0 Å². The first-order valence-corrected chi connectivity index (χ1v) is 8.65. The first-order chi connectivity index (χ1) is 10.9. The average molecular weight is 353 g/mol. The SMILES string of the molecule is CS(=O)(=O)c1nccc(-n2ccnc2-c2ccc(Cl)cc2F)n1. The summed E-state index contributed by atoms with van der Waals surface area (Å²) in [4.78, 5) is 11.8. The molecule has 0 fully saturated rings. The van der Waals surface area contributed by atoms with Crippen LogP contribution in [0.2, 0.25) is 5.02 Å². The van der Waals surface area contributed by atoms with Crippen LogP contribution in [-0.2, 0) is 9.84 Å². The number of hydrogen-bond donors (Lipinski definition) is 0. The number of benzene rings is 1. The summed E-state index contributed by atoms with van der Waals surface area (Å²) in [7, 11) is -3.56. The molecular weight excluding hydrogens is 343 g/mol. The normalized spacial score (nSPS) is 11.6. The minimum atomic E-state index is -3.56. The van der Waals surface area contributed by atoms with Crippen molar-refractivity contribution >= 4 is 21.4 Å². The summed E-state index contributed by atoms with van der Waals surface area (Å²) in [5.41, 5.74) is 0.221. The van der Waals surface area contributed by atoms with Crippen molar-refractivity contribution in [1.82, 2.24) is 19.5 Å². The predicted octanol–water partition coefficient (Wildman–Crippen LogP) is 2.53. The molecule has 0 aliphatic carbocycles. The van der Waals surface area contributed by atoms with Crippen LogP contribution < -0.4 is 0 Å². The molecule has 0 saturated heterocycles. The van der Waals surface area contributed by atoms with E-state index >= 15 is 0 Å². The van der Waals surface area contributed by atoms with E-state index in [-0.39, 0.29) is 27.4 Å². The van der Waals surface area contributed by atoms with Gasteiger partial charge in [-0.2, -0.15) is 0 Å². The number of imidazole rings is 1. The Kier molecular flexibility index (Phi) is 3.87. The van der Waals surface area contributed by atoms with Crippen molar-refractivity contribution in [2.24, 2.45) is 0 Å². The highest BCUT2D eigenvalue weighted by Gasteiger charge is 2.16. The maximum atomic E-state index is 14.1. The molecule has 3 rings (SSSR count). The van der Waals surface area contributed by atoms with Crippen molar-refractivity contribution in [3.8, 4) is 17.2 Å². The van der Waals surface area contributed by atoms with Gasteiger partial charge >= 0.3 is 0 Å². The zero-order valence-corrected chi connectivity index (χ0v) is 13.4. The predicted molar refractivity (Wildman–Crippen MR) is 82.7 cm³/mol. The molecule has 1 aromatic carbocycles. The second kappa shape index (κ2) is 5.71. The number of hydrogen-bond acceptors (Lipinski definition) is 5. The minimum Gasteiger partial charge on any atom is -0.284 e. The highest BCUT2D eigenvalue weighted by atomic mass is 35.5. The highest BCUT2D eigenvalue weighted by Crippen LogP contribution is 2.25. The topological polar surface area (TPSA) is 77.7 Å². The Morgan fingerprint density at radius 2 is 1.96 bits per heavy atom. The third kappa shape index (κ3) is 3.08. The largest absolute Gasteiger partial charge is 0.284 e. The van der Waals surface area contributed by atoms with E-state index in [2.05, 4.69) is 15.0 Å². The Balaban J connectivity index is 2.15. The number of nitrogens with zero attached hydrogens (tertiary/aromatic N) is 4. The fourth-order valence-corrected chi connectivity index (χ4v) is 2.67. The lowest BCUT2D eigenvalue weighted by atomic mass is 10.2. The standard InChI is InChI=1S/C14H10ClFN4O2S/c1-23(21,22)14-18-5-4-12(19-14)20-7-6-17-13(20)10-3-2-9(15)8-11(10)16/h2-8H,1H3. The average Bonchev–Trinajstić information content (AvgIpc) is 2.96. The van der Waals surface area contributed by atoms with Crippen LogP contribution in [0.5, 0.6) is 0 Å². The summed E-state index contributed by atoms with van der Waals surface area (Å²) >= 11 is 5.75. The van der Waals surface area contributed by atoms with E-state index in [4.69, 9.17) is 11.6 Å². The van der Waals surface area contributed by atoms with Crippen LogP contribution in [0.25, 0.3) is 17.2 Å². The fraction of sp³-hybridized carbons (Fsp3) is 0.0714. The second-order valence-electron chi connectivity index (χ2n) is 4.71. The molecule has 6 nitrogen and oxygen atoms in total. The maximum absolute atomic E-state index is 14.1. The van der Waals surface area contributed by atoms with Gasteiger partial charge in [-0.15, -0.1) is 0 Å². The van der Waals surface area contributed by atoms with Gasteiger partial charge in [0.05, 0.1) is 5.56 Å². The van der Waals surface area contributed by atoms with Crippen molar-refractivity contribution in [3.05, 3.63) is 53.7 Å². The van der Waals surface area contributed by atoms with E-state index in [0.29, 0.717) is 0 Å². The van der Waals surface area contributed by atoms with Crippen molar-refractivity contribution in [2.45, 2.75) is 5.16 Å². The quantitative estimate of drug-likeness (QED) is 0.677. The van der Waals surface area contributed by atoms with E-state index in [1.165, 1.54) is 35.2 Å². The Bertz CT molecular complexity index is 988. The first-order valence-electron chi connectivity index (χ1n) is 6.38. The van der Waals surface area contributed by atoms with Crippen LogP contribution in [0.3, 0.4) is 0 Å². The van der Waals surface area contributed by atoms with Crippen molar-refractivity contribution in [3.63, 3.8) is 0 Å². The number of halogens is 2. The fourth-order valence-electron chi connectivity index (χ4n) is 2.00. The molecule has 0 saturated carbocycles. The second-order valence-corrected chi connectivity index (χ2v) is 7.06. The Morgan fingerprint density at radius 3 is 2.65 bits per heavy atom. The molecule has 0 spiro atoms. The van der Waals surface area contributed by atoms with Crippen molar-refractivity contribution < 1.29 is 12.8 Å². The summed E-state index contributed by atoms with van der Waals surface area (Å²) in [5.74, 6) is 0.00179. The Labute approximate surface area is 136 Å². The maximum Gasteiger partial charge on any atom is 0.248 e. The van der Waals surface area contributed by atoms with Gasteiger partial charge in [0.1, 0.15) is 17.5 Å². The summed E-state index contributed by atoms with van der Waals surface area (Å²) in [6.07, 6.45) is 5.35. The lowest BCUT2D eigenvalue weighted by Crippen LogP contribution is -2.08. The van der Waals surface area contributed by atoms with Crippen LogP contribution in [-0.4, -0.2) is 34.2 Å². The lowest BCUT2D eigenvalue weighted by Gasteiger charge is -2.08. The van der Waals surface area contributed by atoms with E-state index < -0.39 is 15.7 Å². The monoisotopic (exact) mass is 352 g/mol. The lowest BCUT2D eigenvalue weighted by molar-refractivity contribution is 0.592. The minimum absolute atomic E-state index is 0.221. The zero-order valence-electron chi connectivity index (χ0n) is 11.8. The van der Waals surface area contributed by atoms with Gasteiger partial charge in [-0.05, 0) is 24.3 Å². The van der Waals surface area contributed by atoms with Gasteiger partial charge in [0.25, 0.3) is 0 Å². The van der Waals surface area contributed by atoms with Gasteiger partial charge in [-0.1, -0.05) is 11.6 Å². The summed E-state index contributed by atoms with van der Waals surface area (Å²) in [6, 6.07) is 5.72. The van der Waals surface area contributed by atoms with E-state index in [1.54, 1.807) is 12.3 Å². The smallest absolute Gasteiger partial charge is 0.248 e. The first kappa shape index (κ1) is 15.6. The third-order valence-electron chi connectivity index (χ3n) is 3.01. The van der Waals surface area contributed by atoms with Crippen LogP contribution in [0.4, 0.5) is 4.39 Å². The van der Waals surface area contributed by atoms with Gasteiger partial charge in [-0.3, -0.25) is 4.57 Å². The van der Waals surface area contributed by atoms with E-state index in [1.807, 2.05) is 0 Å². The summed E-state index contributed by atoms with van der Waals surface area (Å²) in [5, 5.41) is -0.0445. The Hall–Kier alpha value is -2.32. The zero-order chi connectivity index (χ0) is 16.6. The number of sulfone groups is 1. The Morgan fingerprint density at radius 1 is 1.17 bits per heavy atom. The molecule has 0 aliphatic heterocycles. The summed E-state index contributed by atoms with van der Waals surface area (Å²) < 4.78 is 38.7. The van der Waals surface area contributed by atoms with Crippen molar-refractivity contribution in [2.75, 3.05) is 6.26 Å². The molecule has 9 heteroatoms. The van der Waals surface area contributed by atoms with Gasteiger partial charge < -0.3 is 0 Å². The van der Waals surface area contributed by atoms with Gasteiger partial charge in [0, 0.05) is 29.9 Å². The van der Waals surface area contributed by atoms with Crippen molar-refractivity contribution in [1.29, 1.82) is 0 Å². The molecule has 118 valence electrons. The van der Waals surface area contributed by atoms with Crippen LogP contribution in [0, 0.1) is 5.82 Å². The molecule has 0 aliphatic rings. The molecule has 23 heavy (non-hydrogen) atoms. The molecule has 3 aromatic rings. The molecule has 0 radical (unpaired) electrons. The molecular formula is C14H10ClFN4O2S. The number of rotatable bonds is 3. The summed E-state index contributed by atoms with van der Waals surface area (Å²) in [6.45, 7) is 0. The molecule has 0 unspecified atom stereocenters. The molecule has 2 aromatic heterocycles. The molecule has 0 amide bonds. The molecule has 0 atom stereocenters. The van der Waals surface area contributed by atoms with Crippen LogP contribution in [0.1, 0.15) is 0 Å². The van der Waals surface area contributed by atoms with Gasteiger partial charge in [-0.25, -0.2) is 27.8 Å². The van der Waals surface area contributed by atoms with E-state index in [9.17, 15) is 12.8 Å². The molecule has 0 N–H and O–H groups in total. The van der Waals surface area contributed by atoms with E-state index in [0.717, 1.165) is 6.26 Å². The highest BCUT2D eigenvalue weighted by molar-refractivity contribution is 7.90. The molecule has 2 heterocycles. The third-order valence-corrected chi connectivity index (χ3v) is 4.11. The van der Waals surface area contributed by atoms with Crippen LogP contribution in [0.15, 0.2) is 48.0 Å². The number of aromatic nitrogens is 4. The van der Waals surface area contributed by atoms with Gasteiger partial charge in [0.15, 0.2) is 0 Å².